The largest absolute Gasteiger partial charge is 0.394 e. The molecule has 0 aromatic carbocycles. The minimum Gasteiger partial charge on any atom is -0.394 e. The lowest BCUT2D eigenvalue weighted by Crippen LogP contribution is -2.21. The molecule has 1 heterocycles. The molecule has 0 atom stereocenters. The summed E-state index contributed by atoms with van der Waals surface area (Å²) < 4.78 is 26.0. The van der Waals surface area contributed by atoms with Crippen LogP contribution in [-0.4, -0.2) is 24.4 Å². The predicted molar refractivity (Wildman–Crippen MR) is 69.2 cm³/mol. The summed E-state index contributed by atoms with van der Waals surface area (Å²) in [5.74, 6) is 0.235. The number of hydrogen-bond donors (Lipinski definition) is 3. The topological polar surface area (TPSA) is 101 Å². The Kier molecular flexibility index (Phi) is 3.71. The molecule has 1 rings (SSSR count). The number of hydrogen-bond acceptors (Lipinski definition) is 4. The number of nitrogens with zero attached hydrogens (tertiary/aromatic N) is 1. The second kappa shape index (κ2) is 4.56. The van der Waals surface area contributed by atoms with E-state index >= 15 is 0 Å². The fourth-order valence-electron chi connectivity index (χ4n) is 1.15. The molecule has 1 aromatic heterocycles. The number of H-pyrrole nitrogens is 1. The van der Waals surface area contributed by atoms with Crippen molar-refractivity contribution < 1.29 is 8.42 Å². The SMILES string of the molecule is Cc1[nH]nc(NS(=O)(=O)CCC(C)(C)C)c1N. The Morgan fingerprint density at radius 2 is 2.00 bits per heavy atom. The van der Waals surface area contributed by atoms with Gasteiger partial charge in [0.15, 0.2) is 5.82 Å². The molecule has 0 saturated carbocycles. The molecular weight excluding hydrogens is 240 g/mol. The Labute approximate surface area is 102 Å². The van der Waals surface area contributed by atoms with E-state index in [9.17, 15) is 8.42 Å². The molecular formula is C10H20N4O2S. The maximum atomic E-state index is 11.8. The Morgan fingerprint density at radius 1 is 1.41 bits per heavy atom. The molecule has 0 spiro atoms. The highest BCUT2D eigenvalue weighted by atomic mass is 32.2. The van der Waals surface area contributed by atoms with Crippen LogP contribution in [0.3, 0.4) is 0 Å². The van der Waals surface area contributed by atoms with Crippen LogP contribution in [0.4, 0.5) is 11.5 Å². The molecule has 6 nitrogen and oxygen atoms in total. The van der Waals surface area contributed by atoms with Gasteiger partial charge in [-0.2, -0.15) is 5.10 Å². The summed E-state index contributed by atoms with van der Waals surface area (Å²) in [5, 5.41) is 6.43. The highest BCUT2D eigenvalue weighted by Crippen LogP contribution is 2.22. The highest BCUT2D eigenvalue weighted by molar-refractivity contribution is 7.92. The molecule has 4 N–H and O–H groups in total. The van der Waals surface area contributed by atoms with E-state index in [1.54, 1.807) is 6.92 Å². The van der Waals surface area contributed by atoms with Gasteiger partial charge in [-0.3, -0.25) is 9.82 Å². The van der Waals surface area contributed by atoms with Crippen LogP contribution in [-0.2, 0) is 10.0 Å². The molecule has 0 amide bonds. The number of sulfonamides is 1. The molecule has 0 aliphatic carbocycles. The minimum atomic E-state index is -3.39. The van der Waals surface area contributed by atoms with E-state index in [0.717, 1.165) is 0 Å². The van der Waals surface area contributed by atoms with Crippen LogP contribution in [0.15, 0.2) is 0 Å². The molecule has 1 aromatic rings. The number of aromatic amines is 1. The van der Waals surface area contributed by atoms with Crippen LogP contribution in [0, 0.1) is 12.3 Å². The van der Waals surface area contributed by atoms with Gasteiger partial charge >= 0.3 is 0 Å². The number of rotatable bonds is 4. The first kappa shape index (κ1) is 13.8. The summed E-state index contributed by atoms with van der Waals surface area (Å²) in [7, 11) is -3.39. The second-order valence-electron chi connectivity index (χ2n) is 5.34. The van der Waals surface area contributed by atoms with Crippen molar-refractivity contribution in [3.8, 4) is 0 Å². The van der Waals surface area contributed by atoms with Gasteiger partial charge in [-0.25, -0.2) is 8.42 Å². The zero-order chi connectivity index (χ0) is 13.3. The fraction of sp³-hybridized carbons (Fsp3) is 0.700. The van der Waals surface area contributed by atoms with Crippen molar-refractivity contribution in [2.75, 3.05) is 16.2 Å². The van der Waals surface area contributed by atoms with Gasteiger partial charge < -0.3 is 5.73 Å². The number of aromatic nitrogens is 2. The van der Waals surface area contributed by atoms with Crippen LogP contribution in [0.2, 0.25) is 0 Å². The number of aryl methyl sites for hydroxylation is 1. The molecule has 0 bridgehead atoms. The first-order valence-electron chi connectivity index (χ1n) is 5.42. The number of nitrogens with one attached hydrogen (secondary N) is 2. The van der Waals surface area contributed by atoms with Gasteiger partial charge in [-0.05, 0) is 18.8 Å². The Bertz CT molecular complexity index is 485. The lowest BCUT2D eigenvalue weighted by atomic mass is 9.94. The molecule has 0 saturated heterocycles. The minimum absolute atomic E-state index is 0.0260. The van der Waals surface area contributed by atoms with Gasteiger partial charge in [0.1, 0.15) is 0 Å². The molecule has 0 aliphatic rings. The summed E-state index contributed by atoms with van der Waals surface area (Å²) in [5.41, 5.74) is 6.63. The molecule has 0 fully saturated rings. The molecule has 7 heteroatoms. The van der Waals surface area contributed by atoms with E-state index in [2.05, 4.69) is 14.9 Å². The van der Waals surface area contributed by atoms with Gasteiger partial charge in [0.05, 0.1) is 17.1 Å². The van der Waals surface area contributed by atoms with Gasteiger partial charge in [-0.1, -0.05) is 20.8 Å². The van der Waals surface area contributed by atoms with Crippen molar-refractivity contribution in [1.82, 2.24) is 10.2 Å². The zero-order valence-corrected chi connectivity index (χ0v) is 11.5. The Balaban J connectivity index is 2.71. The zero-order valence-electron chi connectivity index (χ0n) is 10.7. The highest BCUT2D eigenvalue weighted by Gasteiger charge is 2.19. The van der Waals surface area contributed by atoms with Crippen LogP contribution in [0.25, 0.3) is 0 Å². The first-order chi connectivity index (χ1) is 7.61. The normalized spacial score (nSPS) is 12.7. The maximum absolute atomic E-state index is 11.8. The van der Waals surface area contributed by atoms with Gasteiger partial charge in [0, 0.05) is 0 Å². The standard InChI is InChI=1S/C10H20N4O2S/c1-7-8(11)9(13-12-7)14-17(15,16)6-5-10(2,3)4/h5-6,11H2,1-4H3,(H2,12,13,14). The number of nitrogens with two attached hydrogens (primary N) is 1. The molecule has 0 unspecified atom stereocenters. The van der Waals surface area contributed by atoms with Gasteiger partial charge in [0.25, 0.3) is 0 Å². The number of anilines is 2. The van der Waals surface area contributed by atoms with Crippen molar-refractivity contribution >= 4 is 21.5 Å². The van der Waals surface area contributed by atoms with E-state index in [-0.39, 0.29) is 17.0 Å². The molecule has 0 radical (unpaired) electrons. The summed E-state index contributed by atoms with van der Waals surface area (Å²) in [6, 6.07) is 0. The Morgan fingerprint density at radius 3 is 2.41 bits per heavy atom. The van der Waals surface area contributed by atoms with Crippen molar-refractivity contribution in [2.24, 2.45) is 5.41 Å². The predicted octanol–water partition coefficient (Wildman–Crippen LogP) is 1.48. The summed E-state index contributed by atoms with van der Waals surface area (Å²) in [6.45, 7) is 7.72. The lowest BCUT2D eigenvalue weighted by Gasteiger charge is -2.17. The van der Waals surface area contributed by atoms with Crippen LogP contribution in [0.1, 0.15) is 32.9 Å². The smallest absolute Gasteiger partial charge is 0.233 e. The van der Waals surface area contributed by atoms with Gasteiger partial charge in [-0.15, -0.1) is 0 Å². The maximum Gasteiger partial charge on any atom is 0.233 e. The summed E-state index contributed by atoms with van der Waals surface area (Å²) >= 11 is 0. The van der Waals surface area contributed by atoms with E-state index < -0.39 is 10.0 Å². The third-order valence-electron chi connectivity index (χ3n) is 2.37. The van der Waals surface area contributed by atoms with Crippen molar-refractivity contribution in [3.05, 3.63) is 5.69 Å². The van der Waals surface area contributed by atoms with Gasteiger partial charge in [0.2, 0.25) is 10.0 Å². The van der Waals surface area contributed by atoms with Crippen molar-refractivity contribution in [3.63, 3.8) is 0 Å². The second-order valence-corrected chi connectivity index (χ2v) is 7.18. The monoisotopic (exact) mass is 260 g/mol. The van der Waals surface area contributed by atoms with E-state index in [1.807, 2.05) is 20.8 Å². The molecule has 98 valence electrons. The van der Waals surface area contributed by atoms with Crippen molar-refractivity contribution in [2.45, 2.75) is 34.1 Å². The lowest BCUT2D eigenvalue weighted by molar-refractivity contribution is 0.397. The van der Waals surface area contributed by atoms with Crippen LogP contribution >= 0.6 is 0 Å². The van der Waals surface area contributed by atoms with Crippen LogP contribution < -0.4 is 10.5 Å². The van der Waals surface area contributed by atoms with Crippen molar-refractivity contribution in [1.29, 1.82) is 0 Å². The molecule has 17 heavy (non-hydrogen) atoms. The summed E-state index contributed by atoms with van der Waals surface area (Å²) in [6.07, 6.45) is 0.575. The average Bonchev–Trinajstić information content (AvgIpc) is 2.46. The Hall–Kier alpha value is -1.24. The third-order valence-corrected chi connectivity index (χ3v) is 3.61. The summed E-state index contributed by atoms with van der Waals surface area (Å²) in [4.78, 5) is 0. The van der Waals surface area contributed by atoms with E-state index in [1.165, 1.54) is 0 Å². The quantitative estimate of drug-likeness (QED) is 0.763. The molecule has 0 aliphatic heterocycles. The third kappa shape index (κ3) is 4.26. The van der Waals surface area contributed by atoms with Crippen LogP contribution in [0.5, 0.6) is 0 Å². The van der Waals surface area contributed by atoms with E-state index in [0.29, 0.717) is 17.8 Å². The fourth-order valence-corrected chi connectivity index (χ4v) is 2.59. The average molecular weight is 260 g/mol. The first-order valence-corrected chi connectivity index (χ1v) is 7.07. The van der Waals surface area contributed by atoms with E-state index in [4.69, 9.17) is 5.73 Å². The number of nitrogen functional groups attached to an aromatic ring is 1.